The van der Waals surface area contributed by atoms with Gasteiger partial charge in [-0.3, -0.25) is 0 Å². The number of aryl methyl sites for hydroxylation is 2. The minimum atomic E-state index is 0.00231. The second kappa shape index (κ2) is 2.93. The average Bonchev–Trinajstić information content (AvgIpc) is 2.01. The molecule has 0 saturated heterocycles. The standard InChI is InChI=1S/C9H11NO2/c1-5-4-6(2)8(10-12)9(11)7(5)3/h4,11H,1-3H3. The fraction of sp³-hybridized carbons (Fsp3) is 0.333. The summed E-state index contributed by atoms with van der Waals surface area (Å²) in [6.45, 7) is 5.40. The lowest BCUT2D eigenvalue weighted by atomic mass is 10.0. The highest BCUT2D eigenvalue weighted by Gasteiger charge is 2.10. The molecule has 0 aliphatic heterocycles. The van der Waals surface area contributed by atoms with Crippen LogP contribution in [0.5, 0.6) is 5.75 Å². The summed E-state index contributed by atoms with van der Waals surface area (Å²) in [5, 5.41) is 12.2. The summed E-state index contributed by atoms with van der Waals surface area (Å²) in [5.74, 6) is 0.00231. The Kier molecular flexibility index (Phi) is 2.13. The maximum atomic E-state index is 10.3. The Morgan fingerprint density at radius 3 is 2.33 bits per heavy atom. The first kappa shape index (κ1) is 8.71. The maximum Gasteiger partial charge on any atom is 0.152 e. The van der Waals surface area contributed by atoms with Gasteiger partial charge in [-0.1, -0.05) is 6.07 Å². The molecule has 1 aromatic carbocycles. The van der Waals surface area contributed by atoms with E-state index in [1.54, 1.807) is 13.8 Å². The van der Waals surface area contributed by atoms with E-state index in [1.165, 1.54) is 0 Å². The van der Waals surface area contributed by atoms with Crippen LogP contribution in [0.1, 0.15) is 16.7 Å². The van der Waals surface area contributed by atoms with Gasteiger partial charge in [0.1, 0.15) is 5.75 Å². The van der Waals surface area contributed by atoms with E-state index >= 15 is 0 Å². The highest BCUT2D eigenvalue weighted by atomic mass is 16.3. The predicted octanol–water partition coefficient (Wildman–Crippen LogP) is 2.72. The molecule has 0 aliphatic carbocycles. The van der Waals surface area contributed by atoms with Crippen molar-refractivity contribution in [1.29, 1.82) is 0 Å². The van der Waals surface area contributed by atoms with Crippen LogP contribution in [-0.4, -0.2) is 5.11 Å². The van der Waals surface area contributed by atoms with Crippen molar-refractivity contribution in [2.24, 2.45) is 5.18 Å². The van der Waals surface area contributed by atoms with Crippen LogP contribution >= 0.6 is 0 Å². The number of aromatic hydroxyl groups is 1. The number of hydrogen-bond donors (Lipinski definition) is 1. The van der Waals surface area contributed by atoms with Crippen molar-refractivity contribution >= 4 is 5.69 Å². The van der Waals surface area contributed by atoms with Crippen molar-refractivity contribution in [2.45, 2.75) is 20.8 Å². The van der Waals surface area contributed by atoms with Crippen LogP contribution in [0.25, 0.3) is 0 Å². The molecule has 3 nitrogen and oxygen atoms in total. The van der Waals surface area contributed by atoms with Crippen molar-refractivity contribution in [3.05, 3.63) is 27.7 Å². The molecule has 0 aliphatic rings. The number of phenolic OH excluding ortho intramolecular Hbond substituents is 1. The molecule has 0 saturated carbocycles. The van der Waals surface area contributed by atoms with Gasteiger partial charge in [0, 0.05) is 0 Å². The van der Waals surface area contributed by atoms with Crippen LogP contribution in [0.15, 0.2) is 11.2 Å². The van der Waals surface area contributed by atoms with Gasteiger partial charge in [-0.25, -0.2) is 0 Å². The molecule has 0 amide bonds. The SMILES string of the molecule is Cc1cc(C)c(N=O)c(O)c1C. The maximum absolute atomic E-state index is 10.3. The third-order valence-electron chi connectivity index (χ3n) is 2.07. The van der Waals surface area contributed by atoms with Crippen molar-refractivity contribution in [3.8, 4) is 5.75 Å². The van der Waals surface area contributed by atoms with Crippen LogP contribution < -0.4 is 0 Å². The van der Waals surface area contributed by atoms with E-state index in [2.05, 4.69) is 5.18 Å². The Labute approximate surface area is 71.0 Å². The predicted molar refractivity (Wildman–Crippen MR) is 47.8 cm³/mol. The topological polar surface area (TPSA) is 49.7 Å². The molecular formula is C9H11NO2. The average molecular weight is 165 g/mol. The molecule has 0 atom stereocenters. The quantitative estimate of drug-likeness (QED) is 0.650. The first-order valence-electron chi connectivity index (χ1n) is 3.71. The van der Waals surface area contributed by atoms with E-state index in [-0.39, 0.29) is 11.4 Å². The van der Waals surface area contributed by atoms with E-state index in [4.69, 9.17) is 0 Å². The molecule has 0 radical (unpaired) electrons. The zero-order valence-corrected chi connectivity index (χ0v) is 7.38. The number of hydrogen-bond acceptors (Lipinski definition) is 3. The van der Waals surface area contributed by atoms with Crippen LogP contribution in [0.4, 0.5) is 5.69 Å². The van der Waals surface area contributed by atoms with Gasteiger partial charge in [0.25, 0.3) is 0 Å². The lowest BCUT2D eigenvalue weighted by Gasteiger charge is -2.06. The number of benzene rings is 1. The zero-order valence-electron chi connectivity index (χ0n) is 7.38. The van der Waals surface area contributed by atoms with Crippen molar-refractivity contribution < 1.29 is 5.11 Å². The van der Waals surface area contributed by atoms with Crippen molar-refractivity contribution in [3.63, 3.8) is 0 Å². The minimum Gasteiger partial charge on any atom is -0.505 e. The van der Waals surface area contributed by atoms with Gasteiger partial charge in [0.05, 0.1) is 0 Å². The molecule has 12 heavy (non-hydrogen) atoms. The van der Waals surface area contributed by atoms with Gasteiger partial charge in [0.15, 0.2) is 5.69 Å². The first-order valence-corrected chi connectivity index (χ1v) is 3.71. The normalized spacial score (nSPS) is 9.92. The molecule has 0 spiro atoms. The van der Waals surface area contributed by atoms with Gasteiger partial charge in [0.2, 0.25) is 0 Å². The lowest BCUT2D eigenvalue weighted by Crippen LogP contribution is -1.85. The molecule has 0 unspecified atom stereocenters. The van der Waals surface area contributed by atoms with Gasteiger partial charge in [-0.15, -0.1) is 4.91 Å². The Balaban J connectivity index is 3.51. The van der Waals surface area contributed by atoms with Crippen LogP contribution in [0.2, 0.25) is 0 Å². The van der Waals surface area contributed by atoms with Crippen molar-refractivity contribution in [1.82, 2.24) is 0 Å². The van der Waals surface area contributed by atoms with Crippen LogP contribution in [0, 0.1) is 25.7 Å². The second-order valence-electron chi connectivity index (χ2n) is 2.92. The molecule has 1 N–H and O–H groups in total. The summed E-state index contributed by atoms with van der Waals surface area (Å²) < 4.78 is 0. The summed E-state index contributed by atoms with van der Waals surface area (Å²) in [6, 6.07) is 1.84. The zero-order chi connectivity index (χ0) is 9.30. The number of rotatable bonds is 1. The summed E-state index contributed by atoms with van der Waals surface area (Å²) >= 11 is 0. The van der Waals surface area contributed by atoms with Gasteiger partial charge in [-0.05, 0) is 42.6 Å². The number of phenols is 1. The number of nitrogens with zero attached hydrogens (tertiary/aromatic N) is 1. The van der Waals surface area contributed by atoms with E-state index in [1.807, 2.05) is 13.0 Å². The highest BCUT2D eigenvalue weighted by Crippen LogP contribution is 2.34. The third kappa shape index (κ3) is 1.18. The van der Waals surface area contributed by atoms with E-state index in [9.17, 15) is 10.0 Å². The minimum absolute atomic E-state index is 0.00231. The Morgan fingerprint density at radius 1 is 1.25 bits per heavy atom. The molecule has 0 heterocycles. The monoisotopic (exact) mass is 165 g/mol. The Morgan fingerprint density at radius 2 is 1.83 bits per heavy atom. The van der Waals surface area contributed by atoms with E-state index in [0.29, 0.717) is 5.56 Å². The largest absolute Gasteiger partial charge is 0.505 e. The summed E-state index contributed by atoms with van der Waals surface area (Å²) in [7, 11) is 0. The molecule has 0 fully saturated rings. The summed E-state index contributed by atoms with van der Waals surface area (Å²) in [5.41, 5.74) is 2.55. The molecule has 3 heteroatoms. The summed E-state index contributed by atoms with van der Waals surface area (Å²) in [4.78, 5) is 10.3. The molecular weight excluding hydrogens is 154 g/mol. The van der Waals surface area contributed by atoms with Gasteiger partial charge in [-0.2, -0.15) is 0 Å². The molecule has 1 rings (SSSR count). The summed E-state index contributed by atoms with van der Waals surface area (Å²) in [6.07, 6.45) is 0. The second-order valence-corrected chi connectivity index (χ2v) is 2.92. The van der Waals surface area contributed by atoms with Gasteiger partial charge < -0.3 is 5.11 Å². The number of nitroso groups, excluding NO2 is 1. The third-order valence-corrected chi connectivity index (χ3v) is 2.07. The Bertz CT molecular complexity index is 332. The fourth-order valence-corrected chi connectivity index (χ4v) is 1.17. The van der Waals surface area contributed by atoms with E-state index in [0.717, 1.165) is 11.1 Å². The molecule has 64 valence electrons. The first-order chi connectivity index (χ1) is 5.57. The van der Waals surface area contributed by atoms with Crippen molar-refractivity contribution in [2.75, 3.05) is 0 Å². The van der Waals surface area contributed by atoms with E-state index < -0.39 is 0 Å². The smallest absolute Gasteiger partial charge is 0.152 e. The highest BCUT2D eigenvalue weighted by molar-refractivity contribution is 5.62. The van der Waals surface area contributed by atoms with Crippen LogP contribution in [0.3, 0.4) is 0 Å². The molecule has 0 bridgehead atoms. The Hall–Kier alpha value is -1.38. The van der Waals surface area contributed by atoms with Gasteiger partial charge >= 0.3 is 0 Å². The molecule has 0 aromatic heterocycles. The molecule has 1 aromatic rings. The lowest BCUT2D eigenvalue weighted by molar-refractivity contribution is 0.471. The van der Waals surface area contributed by atoms with Crippen LogP contribution in [-0.2, 0) is 0 Å². The fourth-order valence-electron chi connectivity index (χ4n) is 1.17.